The lowest BCUT2D eigenvalue weighted by molar-refractivity contribution is -0.136. The van der Waals surface area contributed by atoms with Gasteiger partial charge >= 0.3 is 0 Å². The Balaban J connectivity index is 1.41. The lowest BCUT2D eigenvalue weighted by atomic mass is 9.96. The summed E-state index contributed by atoms with van der Waals surface area (Å²) >= 11 is 0. The minimum atomic E-state index is -3.52. The molecule has 31 heavy (non-hydrogen) atoms. The number of hydrogen-bond donors (Lipinski definition) is 0. The summed E-state index contributed by atoms with van der Waals surface area (Å²) in [4.78, 5) is 15.4. The van der Waals surface area contributed by atoms with Crippen molar-refractivity contribution in [1.29, 1.82) is 0 Å². The van der Waals surface area contributed by atoms with Gasteiger partial charge in [0.1, 0.15) is 0 Å². The smallest absolute Gasteiger partial charge is 0.243 e. The number of carbonyl (C=O) groups is 1. The summed E-state index contributed by atoms with van der Waals surface area (Å²) in [5.41, 5.74) is 3.51. The van der Waals surface area contributed by atoms with Crippen LogP contribution in [0.2, 0.25) is 0 Å². The van der Waals surface area contributed by atoms with Crippen LogP contribution in [0, 0.1) is 5.92 Å². The van der Waals surface area contributed by atoms with Gasteiger partial charge in [-0.25, -0.2) is 8.42 Å². The van der Waals surface area contributed by atoms with E-state index in [0.29, 0.717) is 43.9 Å². The van der Waals surface area contributed by atoms with Crippen LogP contribution < -0.4 is 0 Å². The Morgan fingerprint density at radius 3 is 2.48 bits per heavy atom. The highest BCUT2D eigenvalue weighted by Gasteiger charge is 2.34. The molecule has 0 atom stereocenters. The minimum absolute atomic E-state index is 0.0818. The average molecular weight is 439 g/mol. The van der Waals surface area contributed by atoms with Crippen molar-refractivity contribution >= 4 is 15.9 Å². The average Bonchev–Trinajstić information content (AvgIpc) is 3.27. The lowest BCUT2D eigenvalue weighted by Gasteiger charge is -2.33. The van der Waals surface area contributed by atoms with Crippen LogP contribution >= 0.6 is 0 Å². The number of fused-ring (bicyclic) bond motifs is 1. The van der Waals surface area contributed by atoms with Crippen molar-refractivity contribution in [3.05, 3.63) is 77.9 Å². The zero-order chi connectivity index (χ0) is 21.8. The third kappa shape index (κ3) is 4.75. The van der Waals surface area contributed by atoms with E-state index < -0.39 is 10.0 Å². The summed E-state index contributed by atoms with van der Waals surface area (Å²) in [6.07, 6.45) is 5.92. The predicted molar refractivity (Wildman–Crippen MR) is 122 cm³/mol. The zero-order valence-electron chi connectivity index (χ0n) is 17.9. The largest absolute Gasteiger partial charge is 0.334 e. The van der Waals surface area contributed by atoms with Gasteiger partial charge < -0.3 is 4.90 Å². The number of benzene rings is 2. The maximum absolute atomic E-state index is 13.2. The number of sulfonamides is 1. The lowest BCUT2D eigenvalue weighted by Crippen LogP contribution is -2.44. The van der Waals surface area contributed by atoms with E-state index in [0.717, 1.165) is 30.4 Å². The Labute approximate surface area is 185 Å². The first-order chi connectivity index (χ1) is 15.0. The van der Waals surface area contributed by atoms with E-state index in [2.05, 4.69) is 6.58 Å². The molecular weight excluding hydrogens is 408 g/mol. The molecule has 0 bridgehead atoms. The highest BCUT2D eigenvalue weighted by Crippen LogP contribution is 2.29. The molecule has 2 aromatic rings. The van der Waals surface area contributed by atoms with Gasteiger partial charge in [-0.2, -0.15) is 4.31 Å². The number of rotatable bonds is 7. The van der Waals surface area contributed by atoms with Gasteiger partial charge in [-0.05, 0) is 60.9 Å². The summed E-state index contributed by atoms with van der Waals surface area (Å²) in [5.74, 6) is -0.0755. The SMILES string of the molecule is C=CCN(Cc1ccccc1)C(=O)C1CCN(S(=O)(=O)c2ccc3c(c2)CCC3)CC1. The molecule has 0 N–H and O–H groups in total. The summed E-state index contributed by atoms with van der Waals surface area (Å²) < 4.78 is 27.9. The molecule has 164 valence electrons. The molecule has 1 fully saturated rings. The summed E-state index contributed by atoms with van der Waals surface area (Å²) in [6.45, 7) is 5.58. The normalized spacial score (nSPS) is 17.3. The Bertz CT molecular complexity index is 1040. The molecule has 0 radical (unpaired) electrons. The van der Waals surface area contributed by atoms with E-state index in [1.165, 1.54) is 5.56 Å². The molecule has 4 rings (SSSR count). The third-order valence-electron chi connectivity index (χ3n) is 6.39. The van der Waals surface area contributed by atoms with E-state index in [1.807, 2.05) is 47.4 Å². The molecule has 1 heterocycles. The summed E-state index contributed by atoms with van der Waals surface area (Å²) in [7, 11) is -3.52. The van der Waals surface area contributed by atoms with Gasteiger partial charge in [0.25, 0.3) is 0 Å². The van der Waals surface area contributed by atoms with Crippen molar-refractivity contribution in [2.24, 2.45) is 5.92 Å². The molecule has 0 aromatic heterocycles. The number of amides is 1. The van der Waals surface area contributed by atoms with E-state index in [-0.39, 0.29) is 11.8 Å². The van der Waals surface area contributed by atoms with Crippen molar-refractivity contribution in [3.8, 4) is 0 Å². The predicted octanol–water partition coefficient (Wildman–Crippen LogP) is 3.79. The van der Waals surface area contributed by atoms with E-state index in [4.69, 9.17) is 0 Å². The Morgan fingerprint density at radius 2 is 1.77 bits per heavy atom. The molecule has 6 heteroatoms. The third-order valence-corrected chi connectivity index (χ3v) is 8.28. The van der Waals surface area contributed by atoms with Crippen molar-refractivity contribution in [3.63, 3.8) is 0 Å². The van der Waals surface area contributed by atoms with Gasteiger partial charge in [0.05, 0.1) is 4.90 Å². The quantitative estimate of drug-likeness (QED) is 0.618. The van der Waals surface area contributed by atoms with Crippen LogP contribution in [0.5, 0.6) is 0 Å². The van der Waals surface area contributed by atoms with Gasteiger partial charge in [0.2, 0.25) is 15.9 Å². The highest BCUT2D eigenvalue weighted by atomic mass is 32.2. The first kappa shape index (κ1) is 21.8. The number of nitrogens with zero attached hydrogens (tertiary/aromatic N) is 2. The van der Waals surface area contributed by atoms with Gasteiger partial charge in [-0.1, -0.05) is 42.5 Å². The minimum Gasteiger partial charge on any atom is -0.334 e. The van der Waals surface area contributed by atoms with Crippen molar-refractivity contribution in [2.45, 2.75) is 43.5 Å². The number of carbonyl (C=O) groups excluding carboxylic acids is 1. The summed E-state index contributed by atoms with van der Waals surface area (Å²) in [6, 6.07) is 15.5. The van der Waals surface area contributed by atoms with Crippen LogP contribution in [0.15, 0.2) is 66.1 Å². The standard InChI is InChI=1S/C25H30N2O3S/c1-2-15-26(19-20-7-4-3-5-8-20)25(28)22-13-16-27(17-14-22)31(29,30)24-12-11-21-9-6-10-23(21)18-24/h2-5,7-8,11-12,18,22H,1,6,9-10,13-17,19H2. The van der Waals surface area contributed by atoms with Crippen LogP contribution in [0.1, 0.15) is 36.0 Å². The molecule has 2 aliphatic rings. The Kier molecular flexibility index (Phi) is 6.58. The number of piperidine rings is 1. The second-order valence-electron chi connectivity index (χ2n) is 8.46. The monoisotopic (exact) mass is 438 g/mol. The molecule has 1 amide bonds. The van der Waals surface area contributed by atoms with E-state index >= 15 is 0 Å². The second-order valence-corrected chi connectivity index (χ2v) is 10.4. The zero-order valence-corrected chi connectivity index (χ0v) is 18.7. The van der Waals surface area contributed by atoms with Crippen molar-refractivity contribution in [1.82, 2.24) is 9.21 Å². The first-order valence-electron chi connectivity index (χ1n) is 11.0. The molecule has 1 aliphatic carbocycles. The highest BCUT2D eigenvalue weighted by molar-refractivity contribution is 7.89. The van der Waals surface area contributed by atoms with Gasteiger partial charge in [0, 0.05) is 32.1 Å². The van der Waals surface area contributed by atoms with E-state index in [9.17, 15) is 13.2 Å². The van der Waals surface area contributed by atoms with Crippen molar-refractivity contribution < 1.29 is 13.2 Å². The van der Waals surface area contributed by atoms with Gasteiger partial charge in [0.15, 0.2) is 0 Å². The fourth-order valence-corrected chi connectivity index (χ4v) is 6.17. The Hall–Kier alpha value is -2.44. The maximum Gasteiger partial charge on any atom is 0.243 e. The topological polar surface area (TPSA) is 57.7 Å². The molecular formula is C25H30N2O3S. The van der Waals surface area contributed by atoms with Crippen LogP contribution in [-0.4, -0.2) is 43.2 Å². The molecule has 0 unspecified atom stereocenters. The fourth-order valence-electron chi connectivity index (χ4n) is 4.65. The number of aryl methyl sites for hydroxylation is 2. The maximum atomic E-state index is 13.2. The van der Waals surface area contributed by atoms with Crippen LogP contribution in [-0.2, 0) is 34.2 Å². The molecule has 2 aromatic carbocycles. The molecule has 0 saturated carbocycles. The fraction of sp³-hybridized carbons (Fsp3) is 0.400. The van der Waals surface area contributed by atoms with Crippen LogP contribution in [0.4, 0.5) is 0 Å². The Morgan fingerprint density at radius 1 is 1.06 bits per heavy atom. The van der Waals surface area contributed by atoms with E-state index in [1.54, 1.807) is 16.4 Å². The van der Waals surface area contributed by atoms with Crippen LogP contribution in [0.25, 0.3) is 0 Å². The van der Waals surface area contributed by atoms with Crippen LogP contribution in [0.3, 0.4) is 0 Å². The molecule has 1 aliphatic heterocycles. The molecule has 1 saturated heterocycles. The van der Waals surface area contributed by atoms with Crippen molar-refractivity contribution in [2.75, 3.05) is 19.6 Å². The molecule has 5 nitrogen and oxygen atoms in total. The van der Waals surface area contributed by atoms with Gasteiger partial charge in [-0.3, -0.25) is 4.79 Å². The first-order valence-corrected chi connectivity index (χ1v) is 12.5. The summed E-state index contributed by atoms with van der Waals surface area (Å²) in [5, 5.41) is 0. The van der Waals surface area contributed by atoms with Gasteiger partial charge in [-0.15, -0.1) is 6.58 Å². The molecule has 0 spiro atoms. The number of hydrogen-bond acceptors (Lipinski definition) is 3. The second kappa shape index (κ2) is 9.37.